The summed E-state index contributed by atoms with van der Waals surface area (Å²) < 4.78 is 0.753. The molecule has 0 bridgehead atoms. The van der Waals surface area contributed by atoms with Crippen LogP contribution in [0, 0.1) is 16.0 Å². The third kappa shape index (κ3) is 2.52. The number of hydrogen-bond acceptors (Lipinski definition) is 4. The Bertz CT molecular complexity index is 525. The molecule has 3 rings (SSSR count). The molecule has 2 aliphatic rings. The van der Waals surface area contributed by atoms with Gasteiger partial charge in [0.2, 0.25) is 0 Å². The average molecular weight is 327 g/mol. The monoisotopic (exact) mass is 326 g/mol. The minimum atomic E-state index is -0.479. The summed E-state index contributed by atoms with van der Waals surface area (Å²) in [5.41, 5.74) is 0.630. The van der Waals surface area contributed by atoms with Crippen LogP contribution in [0.15, 0.2) is 22.7 Å². The van der Waals surface area contributed by atoms with E-state index in [9.17, 15) is 15.2 Å². The van der Waals surface area contributed by atoms with Crippen molar-refractivity contribution in [1.29, 1.82) is 0 Å². The van der Waals surface area contributed by atoms with E-state index in [-0.39, 0.29) is 5.69 Å². The molecule has 0 spiro atoms. The maximum atomic E-state index is 10.7. The standard InChI is InChI=1S/C13H15BrN2O3/c14-12-5-11(16(18)19)4-1-9(12)6-15-7-13(17,8-15)10-2-3-10/h1,4-5,10,17H,2-3,6-8H2. The number of benzene rings is 1. The fraction of sp³-hybridized carbons (Fsp3) is 0.538. The van der Waals surface area contributed by atoms with Crippen molar-refractivity contribution >= 4 is 21.6 Å². The van der Waals surface area contributed by atoms with Gasteiger partial charge in [0.15, 0.2) is 0 Å². The van der Waals surface area contributed by atoms with Gasteiger partial charge in [-0.2, -0.15) is 0 Å². The third-order valence-electron chi connectivity index (χ3n) is 3.97. The molecule has 0 aromatic heterocycles. The van der Waals surface area contributed by atoms with Crippen molar-refractivity contribution in [3.63, 3.8) is 0 Å². The predicted molar refractivity (Wildman–Crippen MR) is 73.7 cm³/mol. The first kappa shape index (κ1) is 13.0. The van der Waals surface area contributed by atoms with Gasteiger partial charge in [0.1, 0.15) is 0 Å². The molecule has 1 aromatic carbocycles. The summed E-state index contributed by atoms with van der Waals surface area (Å²) >= 11 is 3.37. The Hall–Kier alpha value is -0.980. The summed E-state index contributed by atoms with van der Waals surface area (Å²) in [7, 11) is 0. The van der Waals surface area contributed by atoms with Gasteiger partial charge in [0.05, 0.1) is 10.5 Å². The Labute approximate surface area is 119 Å². The van der Waals surface area contributed by atoms with Crippen molar-refractivity contribution < 1.29 is 10.0 Å². The maximum Gasteiger partial charge on any atom is 0.270 e. The SMILES string of the molecule is O=[N+]([O-])c1ccc(CN2CC(O)(C3CC3)C2)c(Br)c1. The van der Waals surface area contributed by atoms with E-state index >= 15 is 0 Å². The Kier molecular flexibility index (Phi) is 3.11. The molecule has 2 fully saturated rings. The van der Waals surface area contributed by atoms with E-state index in [1.165, 1.54) is 12.1 Å². The molecule has 1 saturated carbocycles. The summed E-state index contributed by atoms with van der Waals surface area (Å²) in [4.78, 5) is 12.4. The van der Waals surface area contributed by atoms with Crippen molar-refractivity contribution in [3.8, 4) is 0 Å². The second-order valence-electron chi connectivity index (χ2n) is 5.56. The van der Waals surface area contributed by atoms with Crippen LogP contribution in [0.3, 0.4) is 0 Å². The summed E-state index contributed by atoms with van der Waals surface area (Å²) in [5, 5.41) is 20.9. The Balaban J connectivity index is 1.63. The highest BCUT2D eigenvalue weighted by Crippen LogP contribution is 2.45. The van der Waals surface area contributed by atoms with Gasteiger partial charge in [0, 0.05) is 36.2 Å². The van der Waals surface area contributed by atoms with Crippen LogP contribution >= 0.6 is 15.9 Å². The minimum absolute atomic E-state index is 0.0914. The molecule has 102 valence electrons. The first-order valence-corrected chi connectivity index (χ1v) is 7.15. The number of halogens is 1. The predicted octanol–water partition coefficient (Wildman–Crippen LogP) is 2.31. The second-order valence-corrected chi connectivity index (χ2v) is 6.41. The van der Waals surface area contributed by atoms with E-state index in [0.717, 1.165) is 22.9 Å². The van der Waals surface area contributed by atoms with Crippen LogP contribution in [0.4, 0.5) is 5.69 Å². The Morgan fingerprint density at radius 2 is 2.16 bits per heavy atom. The number of aliphatic hydroxyl groups is 1. The maximum absolute atomic E-state index is 10.7. The molecule has 0 unspecified atom stereocenters. The number of rotatable bonds is 4. The zero-order valence-electron chi connectivity index (χ0n) is 10.4. The van der Waals surface area contributed by atoms with Crippen molar-refractivity contribution in [1.82, 2.24) is 4.90 Å². The molecule has 1 aliphatic carbocycles. The largest absolute Gasteiger partial charge is 0.387 e. The zero-order valence-corrected chi connectivity index (χ0v) is 12.0. The quantitative estimate of drug-likeness (QED) is 0.681. The fourth-order valence-electron chi connectivity index (χ4n) is 2.74. The molecule has 1 aromatic rings. The Morgan fingerprint density at radius 3 is 2.68 bits per heavy atom. The van der Waals surface area contributed by atoms with E-state index in [4.69, 9.17) is 0 Å². The van der Waals surface area contributed by atoms with Crippen LogP contribution in [0.2, 0.25) is 0 Å². The van der Waals surface area contributed by atoms with Gasteiger partial charge in [-0.05, 0) is 30.4 Å². The molecule has 0 radical (unpaired) electrons. The van der Waals surface area contributed by atoms with E-state index in [2.05, 4.69) is 20.8 Å². The normalized spacial score (nSPS) is 22.0. The summed E-state index contributed by atoms with van der Waals surface area (Å²) in [6.45, 7) is 2.13. The van der Waals surface area contributed by atoms with Gasteiger partial charge in [0.25, 0.3) is 5.69 Å². The first-order chi connectivity index (χ1) is 8.98. The molecule has 1 heterocycles. The lowest BCUT2D eigenvalue weighted by molar-refractivity contribution is -0.384. The van der Waals surface area contributed by atoms with Crippen LogP contribution in [0.25, 0.3) is 0 Å². The smallest absolute Gasteiger partial charge is 0.270 e. The van der Waals surface area contributed by atoms with E-state index in [0.29, 0.717) is 25.6 Å². The minimum Gasteiger partial charge on any atom is -0.387 e. The van der Waals surface area contributed by atoms with Crippen molar-refractivity contribution in [3.05, 3.63) is 38.3 Å². The lowest BCUT2D eigenvalue weighted by Gasteiger charge is -2.47. The van der Waals surface area contributed by atoms with Crippen molar-refractivity contribution in [2.75, 3.05) is 13.1 Å². The molecule has 19 heavy (non-hydrogen) atoms. The van der Waals surface area contributed by atoms with Crippen LogP contribution in [-0.4, -0.2) is 33.6 Å². The fourth-order valence-corrected chi connectivity index (χ4v) is 3.23. The third-order valence-corrected chi connectivity index (χ3v) is 4.71. The zero-order chi connectivity index (χ0) is 13.6. The topological polar surface area (TPSA) is 66.6 Å². The second kappa shape index (κ2) is 4.54. The summed E-state index contributed by atoms with van der Waals surface area (Å²) in [6.07, 6.45) is 2.29. The summed E-state index contributed by atoms with van der Waals surface area (Å²) in [6, 6.07) is 4.83. The molecule has 1 saturated heterocycles. The molecular formula is C13H15BrN2O3. The molecule has 1 N–H and O–H groups in total. The van der Waals surface area contributed by atoms with Gasteiger partial charge in [-0.15, -0.1) is 0 Å². The molecule has 6 heteroatoms. The van der Waals surface area contributed by atoms with E-state index in [1.54, 1.807) is 6.07 Å². The number of likely N-dealkylation sites (tertiary alicyclic amines) is 1. The van der Waals surface area contributed by atoms with Gasteiger partial charge in [-0.3, -0.25) is 15.0 Å². The van der Waals surface area contributed by atoms with Crippen LogP contribution in [0.1, 0.15) is 18.4 Å². The van der Waals surface area contributed by atoms with Gasteiger partial charge in [-0.1, -0.05) is 15.9 Å². The molecule has 0 amide bonds. The average Bonchev–Trinajstić information content (AvgIpc) is 3.13. The van der Waals surface area contributed by atoms with Crippen LogP contribution in [-0.2, 0) is 6.54 Å². The number of nitro groups is 1. The summed E-state index contributed by atoms with van der Waals surface area (Å²) in [5.74, 6) is 0.490. The lowest BCUT2D eigenvalue weighted by atomic mass is 9.88. The molecule has 5 nitrogen and oxygen atoms in total. The first-order valence-electron chi connectivity index (χ1n) is 6.35. The Morgan fingerprint density at radius 1 is 1.47 bits per heavy atom. The van der Waals surface area contributed by atoms with Crippen LogP contribution in [0.5, 0.6) is 0 Å². The van der Waals surface area contributed by atoms with Gasteiger partial charge in [-0.25, -0.2) is 0 Å². The number of hydrogen-bond donors (Lipinski definition) is 1. The highest BCUT2D eigenvalue weighted by molar-refractivity contribution is 9.10. The number of β-amino-alcohol motifs (C(OH)–C–C–N with tert-alkyl or cyclic N) is 1. The van der Waals surface area contributed by atoms with Crippen molar-refractivity contribution in [2.24, 2.45) is 5.92 Å². The number of nitrogens with zero attached hydrogens (tertiary/aromatic N) is 2. The molecular weight excluding hydrogens is 312 g/mol. The molecule has 1 aliphatic heterocycles. The highest BCUT2D eigenvalue weighted by atomic mass is 79.9. The van der Waals surface area contributed by atoms with Gasteiger partial charge < -0.3 is 5.11 Å². The number of non-ortho nitro benzene ring substituents is 1. The highest BCUT2D eigenvalue weighted by Gasteiger charge is 2.51. The van der Waals surface area contributed by atoms with Crippen molar-refractivity contribution in [2.45, 2.75) is 25.0 Å². The van der Waals surface area contributed by atoms with E-state index in [1.807, 2.05) is 0 Å². The molecule has 0 atom stereocenters. The van der Waals surface area contributed by atoms with Crippen LogP contribution < -0.4 is 0 Å². The van der Waals surface area contributed by atoms with E-state index < -0.39 is 10.5 Å². The number of nitro benzene ring substituents is 1. The lowest BCUT2D eigenvalue weighted by Crippen LogP contribution is -2.62. The van der Waals surface area contributed by atoms with Gasteiger partial charge >= 0.3 is 0 Å².